The van der Waals surface area contributed by atoms with Gasteiger partial charge in [-0.15, -0.1) is 0 Å². The fourth-order valence-electron chi connectivity index (χ4n) is 2.58. The quantitative estimate of drug-likeness (QED) is 0.763. The number of benzene rings is 2. The Kier molecular flexibility index (Phi) is 3.93. The van der Waals surface area contributed by atoms with Crippen molar-refractivity contribution >= 4 is 28.2 Å². The zero-order valence-electron chi connectivity index (χ0n) is 12.5. The Morgan fingerprint density at radius 2 is 1.87 bits per heavy atom. The SMILES string of the molecule is Cc1nc2ccccc2c(Nc2ccccc2F)c1CC(=O)O. The summed E-state index contributed by atoms with van der Waals surface area (Å²) in [6.07, 6.45) is -0.180. The third-order valence-electron chi connectivity index (χ3n) is 3.66. The zero-order chi connectivity index (χ0) is 16.4. The average Bonchev–Trinajstić information content (AvgIpc) is 2.52. The highest BCUT2D eigenvalue weighted by atomic mass is 19.1. The van der Waals surface area contributed by atoms with Crippen LogP contribution in [0.3, 0.4) is 0 Å². The predicted molar refractivity (Wildman–Crippen MR) is 87.5 cm³/mol. The molecule has 3 aromatic rings. The van der Waals surface area contributed by atoms with Gasteiger partial charge in [0.15, 0.2) is 0 Å². The summed E-state index contributed by atoms with van der Waals surface area (Å²) in [6, 6.07) is 13.7. The molecule has 0 saturated carbocycles. The number of hydrogen-bond acceptors (Lipinski definition) is 3. The highest BCUT2D eigenvalue weighted by Gasteiger charge is 2.16. The molecule has 0 aliphatic rings. The molecule has 1 heterocycles. The molecule has 0 aliphatic heterocycles. The Morgan fingerprint density at radius 3 is 2.61 bits per heavy atom. The number of nitrogens with zero attached hydrogens (tertiary/aromatic N) is 1. The number of carbonyl (C=O) groups is 1. The molecule has 1 aromatic heterocycles. The number of carboxylic acid groups (broad SMARTS) is 1. The van der Waals surface area contributed by atoms with Crippen molar-refractivity contribution in [1.29, 1.82) is 0 Å². The maximum atomic E-state index is 14.0. The van der Waals surface area contributed by atoms with Gasteiger partial charge in [0, 0.05) is 16.6 Å². The minimum atomic E-state index is -0.957. The number of hydrogen-bond donors (Lipinski definition) is 2. The molecule has 3 rings (SSSR count). The second-order valence-corrected chi connectivity index (χ2v) is 5.24. The molecule has 4 nitrogen and oxygen atoms in total. The van der Waals surface area contributed by atoms with Crippen LogP contribution in [0, 0.1) is 12.7 Å². The molecule has 0 fully saturated rings. The molecule has 5 heteroatoms. The first kappa shape index (κ1) is 15.0. The van der Waals surface area contributed by atoms with E-state index in [1.54, 1.807) is 25.1 Å². The molecule has 0 unspecified atom stereocenters. The summed E-state index contributed by atoms with van der Waals surface area (Å²) in [5.74, 6) is -1.35. The number of carboxylic acids is 1. The second-order valence-electron chi connectivity index (χ2n) is 5.24. The van der Waals surface area contributed by atoms with E-state index in [0.717, 1.165) is 10.9 Å². The summed E-state index contributed by atoms with van der Waals surface area (Å²) in [4.78, 5) is 15.7. The van der Waals surface area contributed by atoms with Crippen molar-refractivity contribution in [2.45, 2.75) is 13.3 Å². The van der Waals surface area contributed by atoms with Crippen molar-refractivity contribution in [1.82, 2.24) is 4.98 Å². The summed E-state index contributed by atoms with van der Waals surface area (Å²) >= 11 is 0. The van der Waals surface area contributed by atoms with Crippen molar-refractivity contribution in [2.75, 3.05) is 5.32 Å². The summed E-state index contributed by atoms with van der Waals surface area (Å²) in [6.45, 7) is 1.76. The van der Waals surface area contributed by atoms with E-state index in [9.17, 15) is 14.3 Å². The number of nitrogens with one attached hydrogen (secondary N) is 1. The van der Waals surface area contributed by atoms with Crippen LogP contribution >= 0.6 is 0 Å². The third-order valence-corrected chi connectivity index (χ3v) is 3.66. The van der Waals surface area contributed by atoms with Crippen LogP contribution in [0.15, 0.2) is 48.5 Å². The van der Waals surface area contributed by atoms with Crippen molar-refractivity contribution in [3.8, 4) is 0 Å². The van der Waals surface area contributed by atoms with Gasteiger partial charge in [0.1, 0.15) is 5.82 Å². The van der Waals surface area contributed by atoms with Crippen LogP contribution in [-0.4, -0.2) is 16.1 Å². The van der Waals surface area contributed by atoms with E-state index in [0.29, 0.717) is 22.6 Å². The van der Waals surface area contributed by atoms with Crippen LogP contribution in [0.4, 0.5) is 15.8 Å². The molecular formula is C18H15FN2O2. The van der Waals surface area contributed by atoms with Crippen LogP contribution in [0.5, 0.6) is 0 Å². The molecule has 0 bridgehead atoms. The molecule has 0 amide bonds. The second kappa shape index (κ2) is 6.04. The fourth-order valence-corrected chi connectivity index (χ4v) is 2.58. The lowest BCUT2D eigenvalue weighted by atomic mass is 10.0. The van der Waals surface area contributed by atoms with Gasteiger partial charge in [0.05, 0.1) is 23.3 Å². The highest BCUT2D eigenvalue weighted by Crippen LogP contribution is 2.32. The Bertz CT molecular complexity index is 893. The Balaban J connectivity index is 2.22. The van der Waals surface area contributed by atoms with Gasteiger partial charge in [-0.25, -0.2) is 4.39 Å². The van der Waals surface area contributed by atoms with Gasteiger partial charge in [-0.2, -0.15) is 0 Å². The summed E-state index contributed by atoms with van der Waals surface area (Å²) in [5, 5.41) is 13.0. The zero-order valence-corrected chi connectivity index (χ0v) is 12.5. The third kappa shape index (κ3) is 2.99. The molecule has 0 saturated heterocycles. The molecular weight excluding hydrogens is 295 g/mol. The normalized spacial score (nSPS) is 10.7. The fraction of sp³-hybridized carbons (Fsp3) is 0.111. The van der Waals surface area contributed by atoms with E-state index in [1.807, 2.05) is 24.3 Å². The largest absolute Gasteiger partial charge is 0.481 e. The Morgan fingerprint density at radius 1 is 1.17 bits per heavy atom. The highest BCUT2D eigenvalue weighted by molar-refractivity contribution is 5.96. The number of aromatic nitrogens is 1. The van der Waals surface area contributed by atoms with Crippen molar-refractivity contribution in [3.63, 3.8) is 0 Å². The molecule has 23 heavy (non-hydrogen) atoms. The van der Waals surface area contributed by atoms with Crippen LogP contribution in [0.25, 0.3) is 10.9 Å². The first-order valence-corrected chi connectivity index (χ1v) is 7.18. The monoisotopic (exact) mass is 310 g/mol. The predicted octanol–water partition coefficient (Wildman–Crippen LogP) is 4.05. The Hall–Kier alpha value is -2.95. The van der Waals surface area contributed by atoms with Crippen LogP contribution < -0.4 is 5.32 Å². The molecule has 0 aliphatic carbocycles. The smallest absolute Gasteiger partial charge is 0.307 e. The lowest BCUT2D eigenvalue weighted by Crippen LogP contribution is -2.08. The average molecular weight is 310 g/mol. The lowest BCUT2D eigenvalue weighted by molar-refractivity contribution is -0.136. The Labute approximate surface area is 132 Å². The minimum absolute atomic E-state index is 0.180. The number of pyridine rings is 1. The standard InChI is InChI=1S/C18H15FN2O2/c1-11-13(10-17(22)23)18(12-6-2-4-8-15(12)20-11)21-16-9-5-3-7-14(16)19/h2-9H,10H2,1H3,(H,20,21)(H,22,23). The molecule has 116 valence electrons. The van der Waals surface area contributed by atoms with E-state index in [4.69, 9.17) is 0 Å². The molecule has 0 spiro atoms. The van der Waals surface area contributed by atoms with E-state index in [-0.39, 0.29) is 6.42 Å². The summed E-state index contributed by atoms with van der Waals surface area (Å²) < 4.78 is 14.0. The molecule has 2 aromatic carbocycles. The lowest BCUT2D eigenvalue weighted by Gasteiger charge is -2.16. The van der Waals surface area contributed by atoms with E-state index in [1.165, 1.54) is 6.07 Å². The molecule has 0 radical (unpaired) electrons. The van der Waals surface area contributed by atoms with E-state index in [2.05, 4.69) is 10.3 Å². The maximum absolute atomic E-state index is 14.0. The number of halogens is 1. The van der Waals surface area contributed by atoms with Crippen LogP contribution in [0.1, 0.15) is 11.3 Å². The van der Waals surface area contributed by atoms with Gasteiger partial charge in [-0.1, -0.05) is 30.3 Å². The van der Waals surface area contributed by atoms with Gasteiger partial charge < -0.3 is 10.4 Å². The van der Waals surface area contributed by atoms with Gasteiger partial charge in [-0.3, -0.25) is 9.78 Å². The van der Waals surface area contributed by atoms with Gasteiger partial charge in [0.25, 0.3) is 0 Å². The number of aliphatic carboxylic acids is 1. The summed E-state index contributed by atoms with van der Waals surface area (Å²) in [7, 11) is 0. The number of anilines is 2. The number of aryl methyl sites for hydroxylation is 1. The van der Waals surface area contributed by atoms with Crippen LogP contribution in [-0.2, 0) is 11.2 Å². The topological polar surface area (TPSA) is 62.2 Å². The number of rotatable bonds is 4. The van der Waals surface area contributed by atoms with E-state index < -0.39 is 11.8 Å². The van der Waals surface area contributed by atoms with Gasteiger partial charge >= 0.3 is 5.97 Å². The van der Waals surface area contributed by atoms with Crippen molar-refractivity contribution in [3.05, 3.63) is 65.6 Å². The first-order chi connectivity index (χ1) is 11.1. The molecule has 0 atom stereocenters. The van der Waals surface area contributed by atoms with Gasteiger partial charge in [0.2, 0.25) is 0 Å². The minimum Gasteiger partial charge on any atom is -0.481 e. The number of para-hydroxylation sites is 2. The van der Waals surface area contributed by atoms with E-state index >= 15 is 0 Å². The van der Waals surface area contributed by atoms with Crippen molar-refractivity contribution in [2.24, 2.45) is 0 Å². The van der Waals surface area contributed by atoms with Crippen LogP contribution in [0.2, 0.25) is 0 Å². The van der Waals surface area contributed by atoms with Crippen molar-refractivity contribution < 1.29 is 14.3 Å². The first-order valence-electron chi connectivity index (χ1n) is 7.18. The van der Waals surface area contributed by atoms with Gasteiger partial charge in [-0.05, 0) is 25.1 Å². The molecule has 2 N–H and O–H groups in total. The number of fused-ring (bicyclic) bond motifs is 1. The summed E-state index contributed by atoms with van der Waals surface area (Å²) in [5.41, 5.74) is 2.79. The maximum Gasteiger partial charge on any atom is 0.307 e.